The van der Waals surface area contributed by atoms with Gasteiger partial charge in [-0.1, -0.05) is 30.3 Å². The lowest BCUT2D eigenvalue weighted by Crippen LogP contribution is -2.47. The monoisotopic (exact) mass is 448 g/mol. The Morgan fingerprint density at radius 2 is 2.00 bits per heavy atom. The Kier molecular flexibility index (Phi) is 7.67. The van der Waals surface area contributed by atoms with Crippen molar-refractivity contribution < 1.29 is 22.3 Å². The summed E-state index contributed by atoms with van der Waals surface area (Å²) in [5.74, 6) is -1.16. The highest BCUT2D eigenvalue weighted by Gasteiger charge is 2.35. The zero-order valence-corrected chi connectivity index (χ0v) is 18.7. The fourth-order valence-electron chi connectivity index (χ4n) is 3.83. The van der Waals surface area contributed by atoms with Crippen molar-refractivity contribution in [2.45, 2.75) is 43.5 Å². The van der Waals surface area contributed by atoms with Crippen molar-refractivity contribution >= 4 is 15.9 Å². The molecule has 1 heterocycles. The van der Waals surface area contributed by atoms with Crippen LogP contribution in [0.5, 0.6) is 5.75 Å². The molecule has 1 aliphatic heterocycles. The van der Waals surface area contributed by atoms with E-state index in [1.165, 1.54) is 23.0 Å². The van der Waals surface area contributed by atoms with E-state index in [-0.39, 0.29) is 35.7 Å². The van der Waals surface area contributed by atoms with E-state index in [4.69, 9.17) is 4.74 Å². The van der Waals surface area contributed by atoms with Crippen molar-refractivity contribution in [2.24, 2.45) is 5.92 Å². The van der Waals surface area contributed by atoms with Gasteiger partial charge in [0.25, 0.3) is 0 Å². The fourth-order valence-corrected chi connectivity index (χ4v) is 5.52. The smallest absolute Gasteiger partial charge is 0.246 e. The van der Waals surface area contributed by atoms with Crippen molar-refractivity contribution in [3.8, 4) is 5.75 Å². The molecule has 1 amide bonds. The molecular weight excluding hydrogens is 419 g/mol. The van der Waals surface area contributed by atoms with E-state index in [1.54, 1.807) is 0 Å². The molecule has 2 aromatic carbocycles. The second-order valence-corrected chi connectivity index (χ2v) is 9.84. The number of amides is 1. The number of benzene rings is 2. The van der Waals surface area contributed by atoms with Gasteiger partial charge in [0.2, 0.25) is 15.9 Å². The molecule has 3 rings (SSSR count). The average molecular weight is 449 g/mol. The molecule has 0 spiro atoms. The summed E-state index contributed by atoms with van der Waals surface area (Å²) in [6, 6.07) is 13.4. The number of halogens is 1. The summed E-state index contributed by atoms with van der Waals surface area (Å²) in [5.41, 5.74) is 1.21. The maximum Gasteiger partial charge on any atom is 0.246 e. The summed E-state index contributed by atoms with van der Waals surface area (Å²) in [7, 11) is -2.64. The van der Waals surface area contributed by atoms with Crippen LogP contribution in [0.1, 0.15) is 31.7 Å². The van der Waals surface area contributed by atoms with Gasteiger partial charge in [-0.15, -0.1) is 0 Å². The minimum absolute atomic E-state index is 0.0250. The summed E-state index contributed by atoms with van der Waals surface area (Å²) in [6.45, 7) is 2.31. The van der Waals surface area contributed by atoms with E-state index in [2.05, 4.69) is 17.4 Å². The molecule has 1 fully saturated rings. The SMILES string of the molecule is COc1ccc(F)cc1S(=O)(=O)N1CCC[C@H](C(=O)N[C@@H](C)CCc2ccccc2)C1. The number of carbonyl (C=O) groups is 1. The fraction of sp³-hybridized carbons (Fsp3) is 0.435. The zero-order valence-electron chi connectivity index (χ0n) is 17.9. The lowest BCUT2D eigenvalue weighted by atomic mass is 9.98. The Bertz CT molecular complexity index is 998. The number of methoxy groups -OCH3 is 1. The number of piperidine rings is 1. The van der Waals surface area contributed by atoms with E-state index in [9.17, 15) is 17.6 Å². The number of nitrogens with one attached hydrogen (secondary N) is 1. The predicted octanol–water partition coefficient (Wildman–Crippen LogP) is 3.37. The molecule has 0 saturated carbocycles. The summed E-state index contributed by atoms with van der Waals surface area (Å²) < 4.78 is 46.3. The summed E-state index contributed by atoms with van der Waals surface area (Å²) in [5, 5.41) is 3.02. The van der Waals surface area contributed by atoms with E-state index < -0.39 is 21.8 Å². The van der Waals surface area contributed by atoms with Crippen LogP contribution >= 0.6 is 0 Å². The molecule has 0 aromatic heterocycles. The lowest BCUT2D eigenvalue weighted by Gasteiger charge is -2.32. The molecule has 168 valence electrons. The van der Waals surface area contributed by atoms with Gasteiger partial charge in [-0.25, -0.2) is 12.8 Å². The van der Waals surface area contributed by atoms with Gasteiger partial charge in [0.1, 0.15) is 16.5 Å². The third-order valence-electron chi connectivity index (χ3n) is 5.60. The van der Waals surface area contributed by atoms with Crippen LogP contribution < -0.4 is 10.1 Å². The van der Waals surface area contributed by atoms with E-state index in [1.807, 2.05) is 25.1 Å². The maximum absolute atomic E-state index is 13.7. The molecule has 0 unspecified atom stereocenters. The normalized spacial score (nSPS) is 18.4. The molecule has 31 heavy (non-hydrogen) atoms. The third kappa shape index (κ3) is 5.83. The molecule has 0 aliphatic carbocycles. The van der Waals surface area contributed by atoms with Crippen LogP contribution in [0.25, 0.3) is 0 Å². The van der Waals surface area contributed by atoms with Crippen LogP contribution in [0, 0.1) is 11.7 Å². The van der Waals surface area contributed by atoms with Gasteiger partial charge in [-0.3, -0.25) is 4.79 Å². The number of sulfonamides is 1. The highest BCUT2D eigenvalue weighted by Crippen LogP contribution is 2.30. The molecule has 1 saturated heterocycles. The first-order valence-corrected chi connectivity index (χ1v) is 11.9. The Balaban J connectivity index is 1.63. The van der Waals surface area contributed by atoms with Crippen LogP contribution in [0.15, 0.2) is 53.4 Å². The summed E-state index contributed by atoms with van der Waals surface area (Å²) in [4.78, 5) is 12.6. The molecule has 8 heteroatoms. The number of hydrogen-bond donors (Lipinski definition) is 1. The van der Waals surface area contributed by atoms with Crippen molar-refractivity contribution in [2.75, 3.05) is 20.2 Å². The number of rotatable bonds is 8. The van der Waals surface area contributed by atoms with Gasteiger partial charge in [0, 0.05) is 19.1 Å². The summed E-state index contributed by atoms with van der Waals surface area (Å²) >= 11 is 0. The van der Waals surface area contributed by atoms with Crippen LogP contribution in [-0.4, -0.2) is 44.9 Å². The number of carbonyl (C=O) groups excluding carboxylic acids is 1. The Morgan fingerprint density at radius 1 is 1.26 bits per heavy atom. The Labute approximate surface area is 183 Å². The van der Waals surface area contributed by atoms with Gasteiger partial charge in [-0.05, 0) is 56.4 Å². The molecular formula is C23H29FN2O4S. The zero-order chi connectivity index (χ0) is 22.4. The lowest BCUT2D eigenvalue weighted by molar-refractivity contribution is -0.126. The quantitative estimate of drug-likeness (QED) is 0.672. The molecule has 0 radical (unpaired) electrons. The highest BCUT2D eigenvalue weighted by atomic mass is 32.2. The first-order valence-electron chi connectivity index (χ1n) is 10.5. The van der Waals surface area contributed by atoms with E-state index in [0.29, 0.717) is 12.8 Å². The molecule has 1 N–H and O–H groups in total. The number of hydrogen-bond acceptors (Lipinski definition) is 4. The first-order chi connectivity index (χ1) is 14.8. The minimum atomic E-state index is -3.98. The molecule has 6 nitrogen and oxygen atoms in total. The maximum atomic E-state index is 13.7. The van der Waals surface area contributed by atoms with Crippen LogP contribution in [-0.2, 0) is 21.2 Å². The minimum Gasteiger partial charge on any atom is -0.495 e. The number of ether oxygens (including phenoxy) is 1. The number of aryl methyl sites for hydroxylation is 1. The Morgan fingerprint density at radius 3 is 2.71 bits per heavy atom. The van der Waals surface area contributed by atoms with E-state index >= 15 is 0 Å². The largest absolute Gasteiger partial charge is 0.495 e. The van der Waals surface area contributed by atoms with Gasteiger partial charge in [0.15, 0.2) is 0 Å². The molecule has 2 atom stereocenters. The first kappa shape index (κ1) is 23.2. The highest BCUT2D eigenvalue weighted by molar-refractivity contribution is 7.89. The topological polar surface area (TPSA) is 75.7 Å². The second-order valence-electron chi connectivity index (χ2n) is 7.93. The molecule has 1 aliphatic rings. The third-order valence-corrected chi connectivity index (χ3v) is 7.48. The van der Waals surface area contributed by atoms with Crippen molar-refractivity contribution in [3.05, 3.63) is 59.9 Å². The van der Waals surface area contributed by atoms with E-state index in [0.717, 1.165) is 25.0 Å². The van der Waals surface area contributed by atoms with Gasteiger partial charge in [0.05, 0.1) is 13.0 Å². The Hall–Kier alpha value is -2.45. The number of nitrogens with zero attached hydrogens (tertiary/aromatic N) is 1. The predicted molar refractivity (Wildman–Crippen MR) is 117 cm³/mol. The summed E-state index contributed by atoms with van der Waals surface area (Å²) in [6.07, 6.45) is 2.83. The molecule has 2 aromatic rings. The van der Waals surface area contributed by atoms with Crippen LogP contribution in [0.4, 0.5) is 4.39 Å². The van der Waals surface area contributed by atoms with Gasteiger partial charge >= 0.3 is 0 Å². The van der Waals surface area contributed by atoms with Crippen molar-refractivity contribution in [1.82, 2.24) is 9.62 Å². The van der Waals surface area contributed by atoms with Crippen LogP contribution in [0.2, 0.25) is 0 Å². The van der Waals surface area contributed by atoms with Crippen LogP contribution in [0.3, 0.4) is 0 Å². The van der Waals surface area contributed by atoms with Crippen molar-refractivity contribution in [3.63, 3.8) is 0 Å². The van der Waals surface area contributed by atoms with Gasteiger partial charge < -0.3 is 10.1 Å². The standard InChI is InChI=1S/C23H29FN2O4S/c1-17(10-11-18-7-4-3-5-8-18)25-23(27)19-9-6-14-26(16-19)31(28,29)22-15-20(24)12-13-21(22)30-2/h3-5,7-8,12-13,15,17,19H,6,9-11,14,16H2,1-2H3,(H,25,27)/t17-,19-/m0/s1. The van der Waals surface area contributed by atoms with Crippen molar-refractivity contribution in [1.29, 1.82) is 0 Å². The second kappa shape index (κ2) is 10.2. The van der Waals surface area contributed by atoms with Gasteiger partial charge in [-0.2, -0.15) is 4.31 Å². The molecule has 0 bridgehead atoms. The average Bonchev–Trinajstić information content (AvgIpc) is 2.78.